The molecule has 0 aliphatic heterocycles. The van der Waals surface area contributed by atoms with E-state index in [0.717, 1.165) is 23.2 Å². The van der Waals surface area contributed by atoms with Crippen LogP contribution in [-0.2, 0) is 20.1 Å². The number of guanidine groups is 1. The van der Waals surface area contributed by atoms with Crippen LogP contribution in [0.5, 0.6) is 0 Å². The molecule has 0 aliphatic rings. The van der Waals surface area contributed by atoms with E-state index >= 15 is 0 Å². The third kappa shape index (κ3) is 4.38. The molecule has 0 saturated heterocycles. The van der Waals surface area contributed by atoms with Crippen molar-refractivity contribution in [3.8, 4) is 0 Å². The SMILES string of the molecule is CCNC(=NCc1cc(Cl)c(Cl)n1C)NCc1ncc(C)s1. The zero-order valence-corrected chi connectivity index (χ0v) is 15.1. The summed E-state index contributed by atoms with van der Waals surface area (Å²) in [6.07, 6.45) is 1.87. The number of aryl methyl sites for hydroxylation is 1. The Bertz CT molecular complexity index is 662. The lowest BCUT2D eigenvalue weighted by Crippen LogP contribution is -2.36. The number of rotatable bonds is 5. The maximum absolute atomic E-state index is 6.06. The standard InChI is InChI=1S/C14H19Cl2N5S/c1-4-17-14(20-8-12-18-6-9(2)22-12)19-7-10-5-11(15)13(16)21(10)3/h5-6H,4,7-8H2,1-3H3,(H2,17,19,20). The summed E-state index contributed by atoms with van der Waals surface area (Å²) in [6, 6.07) is 1.83. The van der Waals surface area contributed by atoms with Gasteiger partial charge in [-0.05, 0) is 19.9 Å². The minimum Gasteiger partial charge on any atom is -0.357 e. The van der Waals surface area contributed by atoms with Gasteiger partial charge in [0.15, 0.2) is 5.96 Å². The van der Waals surface area contributed by atoms with Gasteiger partial charge in [0.2, 0.25) is 0 Å². The van der Waals surface area contributed by atoms with Crippen LogP contribution in [0.1, 0.15) is 22.5 Å². The number of thiazole rings is 1. The lowest BCUT2D eigenvalue weighted by molar-refractivity contribution is 0.785. The van der Waals surface area contributed by atoms with E-state index in [1.165, 1.54) is 4.88 Å². The molecule has 0 unspecified atom stereocenters. The van der Waals surface area contributed by atoms with Gasteiger partial charge >= 0.3 is 0 Å². The molecule has 0 fully saturated rings. The molecule has 0 radical (unpaired) electrons. The molecule has 0 aliphatic carbocycles. The Morgan fingerprint density at radius 3 is 2.73 bits per heavy atom. The van der Waals surface area contributed by atoms with E-state index in [2.05, 4.69) is 20.6 Å². The smallest absolute Gasteiger partial charge is 0.191 e. The van der Waals surface area contributed by atoms with Crippen molar-refractivity contribution >= 4 is 40.5 Å². The highest BCUT2D eigenvalue weighted by molar-refractivity contribution is 7.11. The van der Waals surface area contributed by atoms with Crippen molar-refractivity contribution in [3.63, 3.8) is 0 Å². The summed E-state index contributed by atoms with van der Waals surface area (Å²) < 4.78 is 1.83. The van der Waals surface area contributed by atoms with Gasteiger partial charge in [0, 0.05) is 30.4 Å². The van der Waals surface area contributed by atoms with Gasteiger partial charge in [-0.3, -0.25) is 0 Å². The Kier molecular flexibility index (Phi) is 6.11. The Morgan fingerprint density at radius 2 is 2.18 bits per heavy atom. The van der Waals surface area contributed by atoms with Crippen LogP contribution >= 0.6 is 34.5 Å². The molecule has 0 aromatic carbocycles. The van der Waals surface area contributed by atoms with Gasteiger partial charge in [0.05, 0.1) is 18.1 Å². The lowest BCUT2D eigenvalue weighted by atomic mass is 10.4. The molecule has 22 heavy (non-hydrogen) atoms. The normalized spacial score (nSPS) is 11.8. The molecule has 8 heteroatoms. The first-order valence-electron chi connectivity index (χ1n) is 6.94. The van der Waals surface area contributed by atoms with Crippen molar-refractivity contribution in [2.75, 3.05) is 6.54 Å². The quantitative estimate of drug-likeness (QED) is 0.635. The molecule has 0 saturated carbocycles. The molecule has 2 N–H and O–H groups in total. The summed E-state index contributed by atoms with van der Waals surface area (Å²) in [5, 5.41) is 8.60. The van der Waals surface area contributed by atoms with Crippen LogP contribution in [0.2, 0.25) is 10.2 Å². The van der Waals surface area contributed by atoms with E-state index < -0.39 is 0 Å². The highest BCUT2D eigenvalue weighted by Gasteiger charge is 2.09. The molecule has 0 bridgehead atoms. The van der Waals surface area contributed by atoms with Gasteiger partial charge in [-0.25, -0.2) is 9.98 Å². The van der Waals surface area contributed by atoms with Crippen LogP contribution in [0.4, 0.5) is 0 Å². The molecule has 2 rings (SSSR count). The third-order valence-corrected chi connectivity index (χ3v) is 4.79. The van der Waals surface area contributed by atoms with Gasteiger partial charge in [0.25, 0.3) is 0 Å². The summed E-state index contributed by atoms with van der Waals surface area (Å²) in [5.41, 5.74) is 0.956. The highest BCUT2D eigenvalue weighted by atomic mass is 35.5. The Morgan fingerprint density at radius 1 is 1.41 bits per heavy atom. The molecule has 2 aromatic rings. The Hall–Kier alpha value is -1.24. The summed E-state index contributed by atoms with van der Waals surface area (Å²) in [7, 11) is 1.87. The molecular weight excluding hydrogens is 341 g/mol. The van der Waals surface area contributed by atoms with Crippen LogP contribution in [0.15, 0.2) is 17.3 Å². The first-order chi connectivity index (χ1) is 10.5. The number of nitrogens with zero attached hydrogens (tertiary/aromatic N) is 3. The summed E-state index contributed by atoms with van der Waals surface area (Å²) >= 11 is 13.8. The number of nitrogens with one attached hydrogen (secondary N) is 2. The Balaban J connectivity index is 2.01. The first-order valence-corrected chi connectivity index (χ1v) is 8.51. The van der Waals surface area contributed by atoms with E-state index in [0.29, 0.717) is 23.3 Å². The van der Waals surface area contributed by atoms with E-state index in [-0.39, 0.29) is 0 Å². The van der Waals surface area contributed by atoms with Crippen LogP contribution in [0.3, 0.4) is 0 Å². The fraction of sp³-hybridized carbons (Fsp3) is 0.429. The molecule has 0 spiro atoms. The maximum atomic E-state index is 6.06. The van der Waals surface area contributed by atoms with Crippen LogP contribution in [0.25, 0.3) is 0 Å². The van der Waals surface area contributed by atoms with Crippen molar-refractivity contribution in [1.29, 1.82) is 0 Å². The predicted octanol–water partition coefficient (Wildman–Crippen LogP) is 3.35. The minimum atomic E-state index is 0.495. The summed E-state index contributed by atoms with van der Waals surface area (Å²) in [4.78, 5) is 10.1. The largest absolute Gasteiger partial charge is 0.357 e. The van der Waals surface area contributed by atoms with Crippen molar-refractivity contribution in [1.82, 2.24) is 20.2 Å². The second kappa shape index (κ2) is 7.85. The summed E-state index contributed by atoms with van der Waals surface area (Å²) in [6.45, 7) is 6.01. The molecule has 0 amide bonds. The van der Waals surface area contributed by atoms with Gasteiger partial charge in [-0.1, -0.05) is 23.2 Å². The lowest BCUT2D eigenvalue weighted by Gasteiger charge is -2.10. The fourth-order valence-electron chi connectivity index (χ4n) is 1.88. The average Bonchev–Trinajstić information content (AvgIpc) is 3.01. The van der Waals surface area contributed by atoms with Gasteiger partial charge in [-0.2, -0.15) is 0 Å². The number of halogens is 2. The van der Waals surface area contributed by atoms with Gasteiger partial charge < -0.3 is 15.2 Å². The third-order valence-electron chi connectivity index (χ3n) is 3.04. The van der Waals surface area contributed by atoms with E-state index in [4.69, 9.17) is 23.2 Å². The maximum Gasteiger partial charge on any atom is 0.191 e. The van der Waals surface area contributed by atoms with Crippen molar-refractivity contribution in [2.45, 2.75) is 26.9 Å². The van der Waals surface area contributed by atoms with Gasteiger partial charge in [0.1, 0.15) is 10.2 Å². The second-order valence-electron chi connectivity index (χ2n) is 4.75. The zero-order valence-electron chi connectivity index (χ0n) is 12.8. The first kappa shape index (κ1) is 17.1. The van der Waals surface area contributed by atoms with Crippen LogP contribution in [-0.4, -0.2) is 22.1 Å². The Labute approximate surface area is 144 Å². The fourth-order valence-corrected chi connectivity index (χ4v) is 3.03. The molecule has 5 nitrogen and oxygen atoms in total. The average molecular weight is 360 g/mol. The number of hydrogen-bond acceptors (Lipinski definition) is 3. The molecule has 2 heterocycles. The van der Waals surface area contributed by atoms with E-state index in [1.54, 1.807) is 11.3 Å². The van der Waals surface area contributed by atoms with Crippen LogP contribution < -0.4 is 10.6 Å². The highest BCUT2D eigenvalue weighted by Crippen LogP contribution is 2.25. The van der Waals surface area contributed by atoms with Gasteiger partial charge in [-0.15, -0.1) is 11.3 Å². The molecule has 120 valence electrons. The number of aromatic nitrogens is 2. The zero-order chi connectivity index (χ0) is 16.1. The summed E-state index contributed by atoms with van der Waals surface area (Å²) in [5.74, 6) is 0.740. The van der Waals surface area contributed by atoms with E-state index in [1.807, 2.05) is 37.7 Å². The molecule has 2 aromatic heterocycles. The van der Waals surface area contributed by atoms with Crippen molar-refractivity contribution in [3.05, 3.63) is 38.0 Å². The van der Waals surface area contributed by atoms with E-state index in [9.17, 15) is 0 Å². The van der Waals surface area contributed by atoms with Crippen molar-refractivity contribution in [2.24, 2.45) is 12.0 Å². The predicted molar refractivity (Wildman–Crippen MR) is 93.9 cm³/mol. The monoisotopic (exact) mass is 359 g/mol. The molecule has 0 atom stereocenters. The minimum absolute atomic E-state index is 0.495. The number of hydrogen-bond donors (Lipinski definition) is 2. The number of aliphatic imine (C=N–C) groups is 1. The topological polar surface area (TPSA) is 54.2 Å². The van der Waals surface area contributed by atoms with Crippen LogP contribution in [0, 0.1) is 6.92 Å². The second-order valence-corrected chi connectivity index (χ2v) is 6.83. The molecular formula is C14H19Cl2N5S. The van der Waals surface area contributed by atoms with Crippen molar-refractivity contribution < 1.29 is 0 Å².